The van der Waals surface area contributed by atoms with Crippen molar-refractivity contribution in [3.63, 3.8) is 0 Å². The van der Waals surface area contributed by atoms with Gasteiger partial charge < -0.3 is 5.73 Å². The predicted molar refractivity (Wildman–Crippen MR) is 46.7 cm³/mol. The van der Waals surface area contributed by atoms with Crippen LogP contribution in [0, 0.1) is 5.82 Å². The van der Waals surface area contributed by atoms with Gasteiger partial charge in [0.05, 0.1) is 0 Å². The van der Waals surface area contributed by atoms with Crippen LogP contribution in [-0.2, 0) is 6.42 Å². The molecule has 1 atom stereocenters. The first-order valence-corrected chi connectivity index (χ1v) is 4.30. The van der Waals surface area contributed by atoms with Gasteiger partial charge in [-0.25, -0.2) is 4.39 Å². The SMILES string of the molecule is N[C@H]1CCc2c(Cl)ccc(F)c21. The van der Waals surface area contributed by atoms with Gasteiger partial charge in [0.25, 0.3) is 0 Å². The fourth-order valence-electron chi connectivity index (χ4n) is 1.71. The molecule has 0 amide bonds. The normalized spacial score (nSPS) is 21.1. The van der Waals surface area contributed by atoms with Crippen LogP contribution in [0.4, 0.5) is 4.39 Å². The van der Waals surface area contributed by atoms with Crippen molar-refractivity contribution in [2.75, 3.05) is 0 Å². The summed E-state index contributed by atoms with van der Waals surface area (Å²) < 4.78 is 13.2. The minimum atomic E-state index is -0.223. The van der Waals surface area contributed by atoms with E-state index in [1.165, 1.54) is 6.07 Å². The first kappa shape index (κ1) is 8.02. The van der Waals surface area contributed by atoms with Gasteiger partial charge in [0.2, 0.25) is 0 Å². The van der Waals surface area contributed by atoms with E-state index >= 15 is 0 Å². The Morgan fingerprint density at radius 3 is 2.92 bits per heavy atom. The smallest absolute Gasteiger partial charge is 0.128 e. The first-order chi connectivity index (χ1) is 5.70. The molecule has 12 heavy (non-hydrogen) atoms. The van der Waals surface area contributed by atoms with Crippen LogP contribution in [0.25, 0.3) is 0 Å². The lowest BCUT2D eigenvalue weighted by Crippen LogP contribution is -2.07. The zero-order valence-corrected chi connectivity index (χ0v) is 7.24. The van der Waals surface area contributed by atoms with E-state index in [0.29, 0.717) is 10.6 Å². The van der Waals surface area contributed by atoms with Crippen LogP contribution < -0.4 is 5.73 Å². The summed E-state index contributed by atoms with van der Waals surface area (Å²) >= 11 is 5.88. The van der Waals surface area contributed by atoms with E-state index in [9.17, 15) is 4.39 Å². The molecule has 1 nitrogen and oxygen atoms in total. The average Bonchev–Trinajstić information content (AvgIpc) is 2.42. The first-order valence-electron chi connectivity index (χ1n) is 3.92. The van der Waals surface area contributed by atoms with Gasteiger partial charge in [-0.15, -0.1) is 0 Å². The van der Waals surface area contributed by atoms with Gasteiger partial charge >= 0.3 is 0 Å². The van der Waals surface area contributed by atoms with Crippen molar-refractivity contribution in [2.24, 2.45) is 5.73 Å². The molecule has 64 valence electrons. The quantitative estimate of drug-likeness (QED) is 0.660. The fourth-order valence-corrected chi connectivity index (χ4v) is 1.97. The van der Waals surface area contributed by atoms with E-state index in [2.05, 4.69) is 0 Å². The van der Waals surface area contributed by atoms with E-state index < -0.39 is 0 Å². The lowest BCUT2D eigenvalue weighted by Gasteiger charge is -2.06. The largest absolute Gasteiger partial charge is 0.324 e. The topological polar surface area (TPSA) is 26.0 Å². The molecule has 1 aliphatic rings. The maximum Gasteiger partial charge on any atom is 0.128 e. The number of rotatable bonds is 0. The van der Waals surface area contributed by atoms with Gasteiger partial charge in [0.15, 0.2) is 0 Å². The van der Waals surface area contributed by atoms with Crippen molar-refractivity contribution < 1.29 is 4.39 Å². The van der Waals surface area contributed by atoms with Crippen LogP contribution in [0.1, 0.15) is 23.6 Å². The van der Waals surface area contributed by atoms with Crippen molar-refractivity contribution in [3.05, 3.63) is 34.1 Å². The lowest BCUT2D eigenvalue weighted by atomic mass is 10.1. The Kier molecular flexibility index (Phi) is 1.81. The van der Waals surface area contributed by atoms with Crippen molar-refractivity contribution in [3.8, 4) is 0 Å². The van der Waals surface area contributed by atoms with E-state index in [4.69, 9.17) is 17.3 Å². The summed E-state index contributed by atoms with van der Waals surface area (Å²) in [5.41, 5.74) is 7.22. The Morgan fingerprint density at radius 1 is 1.50 bits per heavy atom. The van der Waals surface area contributed by atoms with Gasteiger partial charge in [-0.1, -0.05) is 11.6 Å². The van der Waals surface area contributed by atoms with Gasteiger partial charge in [-0.05, 0) is 30.5 Å². The van der Waals surface area contributed by atoms with E-state index in [1.54, 1.807) is 6.07 Å². The number of fused-ring (bicyclic) bond motifs is 1. The molecule has 1 aromatic rings. The van der Waals surface area contributed by atoms with Crippen LogP contribution in [0.5, 0.6) is 0 Å². The molecule has 3 heteroatoms. The van der Waals surface area contributed by atoms with E-state index in [0.717, 1.165) is 18.4 Å². The third-order valence-electron chi connectivity index (χ3n) is 2.32. The molecule has 0 radical (unpaired) electrons. The number of hydrogen-bond donors (Lipinski definition) is 1. The Hall–Kier alpha value is -0.600. The van der Waals surface area contributed by atoms with Gasteiger partial charge in [-0.3, -0.25) is 0 Å². The summed E-state index contributed by atoms with van der Waals surface area (Å²) in [4.78, 5) is 0. The molecular weight excluding hydrogens is 177 g/mol. The highest BCUT2D eigenvalue weighted by atomic mass is 35.5. The maximum absolute atomic E-state index is 13.2. The molecule has 2 rings (SSSR count). The van der Waals surface area contributed by atoms with Gasteiger partial charge in [0, 0.05) is 16.6 Å². The highest BCUT2D eigenvalue weighted by molar-refractivity contribution is 6.31. The molecule has 0 spiro atoms. The fraction of sp³-hybridized carbons (Fsp3) is 0.333. The highest BCUT2D eigenvalue weighted by Gasteiger charge is 2.24. The summed E-state index contributed by atoms with van der Waals surface area (Å²) in [6, 6.07) is 2.80. The van der Waals surface area contributed by atoms with Crippen LogP contribution in [-0.4, -0.2) is 0 Å². The molecule has 0 saturated carbocycles. The second-order valence-electron chi connectivity index (χ2n) is 3.07. The molecule has 0 aromatic heterocycles. The Balaban J connectivity index is 2.64. The molecule has 2 N–H and O–H groups in total. The summed E-state index contributed by atoms with van der Waals surface area (Å²) in [5.74, 6) is -0.223. The van der Waals surface area contributed by atoms with Crippen LogP contribution in [0.15, 0.2) is 12.1 Å². The molecule has 1 aliphatic carbocycles. The summed E-state index contributed by atoms with van der Waals surface area (Å²) in [6.07, 6.45) is 1.60. The molecule has 1 aromatic carbocycles. The second-order valence-corrected chi connectivity index (χ2v) is 3.47. The van der Waals surface area contributed by atoms with Crippen LogP contribution in [0.3, 0.4) is 0 Å². The zero-order chi connectivity index (χ0) is 8.72. The Morgan fingerprint density at radius 2 is 2.25 bits per heavy atom. The van der Waals surface area contributed by atoms with Crippen LogP contribution >= 0.6 is 11.6 Å². The number of nitrogens with two attached hydrogens (primary N) is 1. The van der Waals surface area contributed by atoms with Crippen LogP contribution in [0.2, 0.25) is 5.02 Å². The lowest BCUT2D eigenvalue weighted by molar-refractivity contribution is 0.589. The van der Waals surface area contributed by atoms with Gasteiger partial charge in [-0.2, -0.15) is 0 Å². The minimum Gasteiger partial charge on any atom is -0.324 e. The highest BCUT2D eigenvalue weighted by Crippen LogP contribution is 2.35. The predicted octanol–water partition coefficient (Wildman–Crippen LogP) is 2.43. The summed E-state index contributed by atoms with van der Waals surface area (Å²) in [7, 11) is 0. The third-order valence-corrected chi connectivity index (χ3v) is 2.68. The van der Waals surface area contributed by atoms with Crippen molar-refractivity contribution in [2.45, 2.75) is 18.9 Å². The number of benzene rings is 1. The second kappa shape index (κ2) is 2.71. The monoisotopic (exact) mass is 185 g/mol. The molecule has 0 fully saturated rings. The standard InChI is InChI=1S/C9H9ClFN/c10-6-2-3-7(11)9-5(6)1-4-8(9)12/h2-3,8H,1,4,12H2/t8-/m0/s1. The Bertz CT molecular complexity index is 325. The summed E-state index contributed by atoms with van der Waals surface area (Å²) in [6.45, 7) is 0. The van der Waals surface area contributed by atoms with Crippen molar-refractivity contribution in [1.82, 2.24) is 0 Å². The van der Waals surface area contributed by atoms with Gasteiger partial charge in [0.1, 0.15) is 5.82 Å². The van der Waals surface area contributed by atoms with E-state index in [1.807, 2.05) is 0 Å². The summed E-state index contributed by atoms with van der Waals surface area (Å²) in [5, 5.41) is 0.638. The number of hydrogen-bond acceptors (Lipinski definition) is 1. The number of halogens is 2. The molecule has 0 unspecified atom stereocenters. The Labute approximate surface area is 75.3 Å². The molecule has 0 saturated heterocycles. The molecular formula is C9H9ClFN. The van der Waals surface area contributed by atoms with Crippen molar-refractivity contribution >= 4 is 11.6 Å². The zero-order valence-electron chi connectivity index (χ0n) is 6.48. The third kappa shape index (κ3) is 1.03. The van der Waals surface area contributed by atoms with Crippen molar-refractivity contribution in [1.29, 1.82) is 0 Å². The minimum absolute atomic E-state index is 0.168. The molecule has 0 bridgehead atoms. The average molecular weight is 186 g/mol. The van der Waals surface area contributed by atoms with E-state index in [-0.39, 0.29) is 11.9 Å². The molecule has 0 aliphatic heterocycles. The molecule has 0 heterocycles. The maximum atomic E-state index is 13.2.